The minimum Gasteiger partial charge on any atom is -0.382 e. The molecular formula is C7H10N4S. The Kier molecular flexibility index (Phi) is 2.51. The molecule has 0 radical (unpaired) electrons. The Morgan fingerprint density at radius 3 is 2.75 bits per heavy atom. The summed E-state index contributed by atoms with van der Waals surface area (Å²) in [5.41, 5.74) is 5.46. The first-order chi connectivity index (χ1) is 5.63. The van der Waals surface area contributed by atoms with Crippen LogP contribution in [0.15, 0.2) is 0 Å². The average Bonchev–Trinajstić information content (AvgIpc) is 2.29. The lowest BCUT2D eigenvalue weighted by Crippen LogP contribution is -2.09. The molecule has 0 amide bonds. The van der Waals surface area contributed by atoms with E-state index in [9.17, 15) is 0 Å². The van der Waals surface area contributed by atoms with Crippen LogP contribution in [0.4, 0.5) is 10.9 Å². The standard InChI is InChI=1S/C7H10N4S/c1-4(2)10-7-11-6(9)5(3-8)12-7/h4H,9H2,1-2H3,(H,10,11). The highest BCUT2D eigenvalue weighted by Crippen LogP contribution is 2.23. The minimum absolute atomic E-state index is 0.307. The highest BCUT2D eigenvalue weighted by molar-refractivity contribution is 7.16. The number of hydrogen-bond donors (Lipinski definition) is 2. The first-order valence-electron chi connectivity index (χ1n) is 3.56. The smallest absolute Gasteiger partial charge is 0.186 e. The molecule has 0 bridgehead atoms. The molecule has 0 saturated carbocycles. The third-order valence-corrected chi connectivity index (χ3v) is 2.07. The van der Waals surface area contributed by atoms with Gasteiger partial charge in [0.2, 0.25) is 0 Å². The van der Waals surface area contributed by atoms with Gasteiger partial charge < -0.3 is 11.1 Å². The van der Waals surface area contributed by atoms with Gasteiger partial charge in [0.05, 0.1) is 0 Å². The Morgan fingerprint density at radius 2 is 2.33 bits per heavy atom. The Bertz CT molecular complexity index is 310. The maximum atomic E-state index is 8.58. The molecule has 0 fully saturated rings. The van der Waals surface area contributed by atoms with E-state index in [0.717, 1.165) is 0 Å². The molecule has 0 aliphatic rings. The second kappa shape index (κ2) is 3.41. The summed E-state index contributed by atoms with van der Waals surface area (Å²) in [5.74, 6) is 0.311. The summed E-state index contributed by atoms with van der Waals surface area (Å²) < 4.78 is 0. The van der Waals surface area contributed by atoms with Gasteiger partial charge in [0.15, 0.2) is 10.9 Å². The van der Waals surface area contributed by atoms with E-state index in [1.54, 1.807) is 0 Å². The molecule has 1 rings (SSSR count). The van der Waals surface area contributed by atoms with Gasteiger partial charge >= 0.3 is 0 Å². The number of nitrogens with zero attached hydrogens (tertiary/aromatic N) is 2. The van der Waals surface area contributed by atoms with Crippen LogP contribution in [0.3, 0.4) is 0 Å². The zero-order valence-corrected chi connectivity index (χ0v) is 7.77. The third-order valence-electron chi connectivity index (χ3n) is 1.17. The molecule has 1 heterocycles. The molecule has 5 heteroatoms. The van der Waals surface area contributed by atoms with Crippen LogP contribution in [-0.2, 0) is 0 Å². The Morgan fingerprint density at radius 1 is 1.67 bits per heavy atom. The van der Waals surface area contributed by atoms with Gasteiger partial charge in [0, 0.05) is 6.04 Å². The Balaban J connectivity index is 2.84. The fourth-order valence-electron chi connectivity index (χ4n) is 0.721. The maximum Gasteiger partial charge on any atom is 0.186 e. The van der Waals surface area contributed by atoms with Gasteiger partial charge in [0.25, 0.3) is 0 Å². The van der Waals surface area contributed by atoms with E-state index in [-0.39, 0.29) is 0 Å². The Hall–Kier alpha value is -1.28. The molecule has 0 aliphatic heterocycles. The highest BCUT2D eigenvalue weighted by Gasteiger charge is 2.07. The average molecular weight is 182 g/mol. The molecule has 3 N–H and O–H groups in total. The van der Waals surface area contributed by atoms with E-state index in [4.69, 9.17) is 11.0 Å². The summed E-state index contributed by atoms with van der Waals surface area (Å²) >= 11 is 1.28. The van der Waals surface area contributed by atoms with Gasteiger partial charge in [-0.25, -0.2) is 4.98 Å². The topological polar surface area (TPSA) is 74.7 Å². The van der Waals surface area contributed by atoms with Crippen molar-refractivity contribution in [3.63, 3.8) is 0 Å². The predicted octanol–water partition coefficient (Wildman–Crippen LogP) is 1.42. The second-order valence-corrected chi connectivity index (χ2v) is 3.64. The van der Waals surface area contributed by atoms with Crippen molar-refractivity contribution >= 4 is 22.3 Å². The number of aromatic nitrogens is 1. The maximum absolute atomic E-state index is 8.58. The fourth-order valence-corrected chi connectivity index (χ4v) is 1.55. The predicted molar refractivity (Wildman–Crippen MR) is 50.0 cm³/mol. The van der Waals surface area contributed by atoms with Crippen LogP contribution in [0.1, 0.15) is 18.7 Å². The molecule has 64 valence electrons. The van der Waals surface area contributed by atoms with Crippen molar-refractivity contribution in [1.82, 2.24) is 4.98 Å². The van der Waals surface area contributed by atoms with Crippen molar-refractivity contribution < 1.29 is 0 Å². The molecule has 1 aromatic heterocycles. The lowest BCUT2D eigenvalue weighted by Gasteiger charge is -2.03. The van der Waals surface area contributed by atoms with Crippen molar-refractivity contribution in [2.24, 2.45) is 0 Å². The van der Waals surface area contributed by atoms with Crippen LogP contribution in [0.2, 0.25) is 0 Å². The molecule has 12 heavy (non-hydrogen) atoms. The van der Waals surface area contributed by atoms with Gasteiger partial charge in [-0.3, -0.25) is 0 Å². The van der Waals surface area contributed by atoms with Gasteiger partial charge in [-0.1, -0.05) is 11.3 Å². The number of nitrogens with two attached hydrogens (primary N) is 1. The summed E-state index contributed by atoms with van der Waals surface area (Å²) in [7, 11) is 0. The van der Waals surface area contributed by atoms with Crippen LogP contribution >= 0.6 is 11.3 Å². The SMILES string of the molecule is CC(C)Nc1nc(N)c(C#N)s1. The molecule has 0 unspecified atom stereocenters. The third kappa shape index (κ3) is 1.86. The number of nitriles is 1. The monoisotopic (exact) mass is 182 g/mol. The zero-order valence-electron chi connectivity index (χ0n) is 6.96. The fraction of sp³-hybridized carbons (Fsp3) is 0.429. The van der Waals surface area contributed by atoms with Crippen molar-refractivity contribution in [2.75, 3.05) is 11.1 Å². The van der Waals surface area contributed by atoms with Crippen LogP contribution in [0.25, 0.3) is 0 Å². The first-order valence-corrected chi connectivity index (χ1v) is 4.38. The van der Waals surface area contributed by atoms with Gasteiger partial charge in [-0.05, 0) is 13.8 Å². The lowest BCUT2D eigenvalue weighted by atomic mass is 10.4. The van der Waals surface area contributed by atoms with Crippen molar-refractivity contribution in [2.45, 2.75) is 19.9 Å². The molecule has 4 nitrogen and oxygen atoms in total. The van der Waals surface area contributed by atoms with Crippen molar-refractivity contribution in [1.29, 1.82) is 5.26 Å². The summed E-state index contributed by atoms with van der Waals surface area (Å²) in [5, 5.41) is 12.4. The van der Waals surface area contributed by atoms with E-state index in [0.29, 0.717) is 21.9 Å². The molecule has 0 atom stereocenters. The molecule has 0 saturated heterocycles. The molecular weight excluding hydrogens is 172 g/mol. The highest BCUT2D eigenvalue weighted by atomic mass is 32.1. The first kappa shape index (κ1) is 8.81. The van der Waals surface area contributed by atoms with Crippen molar-refractivity contribution in [3.05, 3.63) is 4.88 Å². The van der Waals surface area contributed by atoms with E-state index < -0.39 is 0 Å². The lowest BCUT2D eigenvalue weighted by molar-refractivity contribution is 0.897. The van der Waals surface area contributed by atoms with E-state index >= 15 is 0 Å². The summed E-state index contributed by atoms with van der Waals surface area (Å²) in [6.45, 7) is 4.01. The molecule has 1 aromatic rings. The minimum atomic E-state index is 0.307. The number of anilines is 2. The van der Waals surface area contributed by atoms with Gasteiger partial charge in [0.1, 0.15) is 10.9 Å². The summed E-state index contributed by atoms with van der Waals surface area (Å²) in [6.07, 6.45) is 0. The van der Waals surface area contributed by atoms with Crippen molar-refractivity contribution in [3.8, 4) is 6.07 Å². The van der Waals surface area contributed by atoms with Gasteiger partial charge in [-0.2, -0.15) is 5.26 Å². The number of nitrogen functional groups attached to an aromatic ring is 1. The zero-order chi connectivity index (χ0) is 9.14. The van der Waals surface area contributed by atoms with Crippen LogP contribution in [0, 0.1) is 11.3 Å². The largest absolute Gasteiger partial charge is 0.382 e. The second-order valence-electron chi connectivity index (χ2n) is 2.64. The summed E-state index contributed by atoms with van der Waals surface area (Å²) in [6, 6.07) is 2.29. The van der Waals surface area contributed by atoms with Crippen LogP contribution < -0.4 is 11.1 Å². The van der Waals surface area contributed by atoms with Crippen LogP contribution in [-0.4, -0.2) is 11.0 Å². The van der Waals surface area contributed by atoms with Crippen LogP contribution in [0.5, 0.6) is 0 Å². The number of thiazole rings is 1. The molecule has 0 aliphatic carbocycles. The van der Waals surface area contributed by atoms with E-state index in [1.807, 2.05) is 19.9 Å². The quantitative estimate of drug-likeness (QED) is 0.725. The van der Waals surface area contributed by atoms with E-state index in [1.165, 1.54) is 11.3 Å². The molecule has 0 aromatic carbocycles. The normalized spacial score (nSPS) is 9.83. The number of rotatable bonds is 2. The molecule has 0 spiro atoms. The van der Waals surface area contributed by atoms with E-state index in [2.05, 4.69) is 10.3 Å². The Labute approximate surface area is 75.0 Å². The van der Waals surface area contributed by atoms with Gasteiger partial charge in [-0.15, -0.1) is 0 Å². The summed E-state index contributed by atoms with van der Waals surface area (Å²) in [4.78, 5) is 4.45. The number of nitrogens with one attached hydrogen (secondary N) is 1. The number of hydrogen-bond acceptors (Lipinski definition) is 5.